The van der Waals surface area contributed by atoms with Crippen LogP contribution in [0.4, 0.5) is 0 Å². The molecule has 0 spiro atoms. The minimum atomic E-state index is 0.0686. The van der Waals surface area contributed by atoms with E-state index in [1.807, 2.05) is 25.1 Å². The van der Waals surface area contributed by atoms with Crippen molar-refractivity contribution in [3.63, 3.8) is 0 Å². The maximum absolute atomic E-state index is 5.83. The summed E-state index contributed by atoms with van der Waals surface area (Å²) in [7, 11) is 0. The molecule has 2 rings (SSSR count). The van der Waals surface area contributed by atoms with E-state index in [4.69, 9.17) is 10.5 Å². The molecular weight excluding hydrogens is 254 g/mol. The second kappa shape index (κ2) is 4.54. The van der Waals surface area contributed by atoms with Gasteiger partial charge in [-0.05, 0) is 59.8 Å². The largest absolute Gasteiger partial charge is 0.489 e. The lowest BCUT2D eigenvalue weighted by Gasteiger charge is -2.27. The van der Waals surface area contributed by atoms with Gasteiger partial charge in [-0.25, -0.2) is 0 Å². The zero-order valence-corrected chi connectivity index (χ0v) is 10.5. The third-order valence-electron chi connectivity index (χ3n) is 2.83. The molecular formula is C12H16BrNO. The van der Waals surface area contributed by atoms with Crippen molar-refractivity contribution in [2.45, 2.75) is 38.3 Å². The van der Waals surface area contributed by atoms with E-state index in [0.29, 0.717) is 6.10 Å². The summed E-state index contributed by atoms with van der Waals surface area (Å²) in [6, 6.07) is 6.14. The first-order chi connectivity index (χ1) is 7.16. The average molecular weight is 270 g/mol. The molecule has 0 aromatic heterocycles. The first-order valence-electron chi connectivity index (χ1n) is 5.38. The summed E-state index contributed by atoms with van der Waals surface area (Å²) in [6.45, 7) is 1.98. The molecule has 1 fully saturated rings. The molecule has 0 saturated heterocycles. The van der Waals surface area contributed by atoms with Gasteiger partial charge in [0.1, 0.15) is 5.75 Å². The molecule has 2 N–H and O–H groups in total. The number of hydrogen-bond acceptors (Lipinski definition) is 2. The summed E-state index contributed by atoms with van der Waals surface area (Å²) in [5.74, 6) is 0.934. The van der Waals surface area contributed by atoms with Crippen LogP contribution in [0.15, 0.2) is 22.7 Å². The van der Waals surface area contributed by atoms with E-state index in [2.05, 4.69) is 15.9 Å². The highest BCUT2D eigenvalue weighted by atomic mass is 79.9. The van der Waals surface area contributed by atoms with Crippen molar-refractivity contribution in [2.75, 3.05) is 0 Å². The summed E-state index contributed by atoms with van der Waals surface area (Å²) in [5, 5.41) is 0. The monoisotopic (exact) mass is 269 g/mol. The number of ether oxygens (including phenoxy) is 1. The molecule has 1 aromatic rings. The van der Waals surface area contributed by atoms with Gasteiger partial charge in [0.05, 0.1) is 10.6 Å². The fraction of sp³-hybridized carbons (Fsp3) is 0.500. The fourth-order valence-electron chi connectivity index (χ4n) is 1.56. The molecule has 1 unspecified atom stereocenters. The second-order valence-corrected chi connectivity index (χ2v) is 5.00. The zero-order valence-electron chi connectivity index (χ0n) is 8.87. The maximum Gasteiger partial charge on any atom is 0.133 e. The van der Waals surface area contributed by atoms with Gasteiger partial charge in [0.15, 0.2) is 0 Å². The summed E-state index contributed by atoms with van der Waals surface area (Å²) < 4.78 is 6.83. The molecule has 15 heavy (non-hydrogen) atoms. The number of hydrogen-bond donors (Lipinski definition) is 1. The number of benzene rings is 1. The molecule has 1 aromatic carbocycles. The van der Waals surface area contributed by atoms with Crippen LogP contribution in [-0.2, 0) is 0 Å². The average Bonchev–Trinajstić information content (AvgIpc) is 2.12. The van der Waals surface area contributed by atoms with Crippen LogP contribution < -0.4 is 10.5 Å². The van der Waals surface area contributed by atoms with Crippen LogP contribution in [0.2, 0.25) is 0 Å². The van der Waals surface area contributed by atoms with Crippen molar-refractivity contribution in [3.05, 3.63) is 28.2 Å². The topological polar surface area (TPSA) is 35.2 Å². The van der Waals surface area contributed by atoms with E-state index in [0.717, 1.165) is 15.8 Å². The highest BCUT2D eigenvalue weighted by Gasteiger charge is 2.20. The highest BCUT2D eigenvalue weighted by molar-refractivity contribution is 9.10. The summed E-state index contributed by atoms with van der Waals surface area (Å²) in [5.41, 5.74) is 6.94. The van der Waals surface area contributed by atoms with E-state index in [9.17, 15) is 0 Å². The Bertz CT molecular complexity index is 347. The molecule has 0 bridgehead atoms. The van der Waals surface area contributed by atoms with Gasteiger partial charge in [0, 0.05) is 6.04 Å². The minimum absolute atomic E-state index is 0.0686. The minimum Gasteiger partial charge on any atom is -0.489 e. The standard InChI is InChI=1S/C12H16BrNO/c1-8(14)9-5-6-12(11(13)7-9)15-10-3-2-4-10/h5-8,10H,2-4,14H2,1H3. The lowest BCUT2D eigenvalue weighted by Crippen LogP contribution is -2.24. The molecule has 1 atom stereocenters. The Kier molecular flexibility index (Phi) is 3.32. The SMILES string of the molecule is CC(N)c1ccc(OC2CCC2)c(Br)c1. The van der Waals surface area contributed by atoms with Crippen LogP contribution >= 0.6 is 15.9 Å². The molecule has 1 aliphatic carbocycles. The lowest BCUT2D eigenvalue weighted by molar-refractivity contribution is 0.119. The Balaban J connectivity index is 2.11. The van der Waals surface area contributed by atoms with Crippen LogP contribution in [0, 0.1) is 0 Å². The van der Waals surface area contributed by atoms with E-state index in [1.165, 1.54) is 19.3 Å². The van der Waals surface area contributed by atoms with Crippen molar-refractivity contribution in [1.82, 2.24) is 0 Å². The van der Waals surface area contributed by atoms with E-state index in [-0.39, 0.29) is 6.04 Å². The van der Waals surface area contributed by atoms with Crippen LogP contribution in [0.1, 0.15) is 37.8 Å². The molecule has 0 radical (unpaired) electrons. The van der Waals surface area contributed by atoms with Gasteiger partial charge >= 0.3 is 0 Å². The maximum atomic E-state index is 5.83. The van der Waals surface area contributed by atoms with Crippen molar-refractivity contribution in [3.8, 4) is 5.75 Å². The van der Waals surface area contributed by atoms with Gasteiger partial charge < -0.3 is 10.5 Å². The van der Waals surface area contributed by atoms with E-state index in [1.54, 1.807) is 0 Å². The van der Waals surface area contributed by atoms with Crippen molar-refractivity contribution in [1.29, 1.82) is 0 Å². The Morgan fingerprint density at radius 1 is 1.47 bits per heavy atom. The predicted molar refractivity (Wildman–Crippen MR) is 65.0 cm³/mol. The number of halogens is 1. The normalized spacial score (nSPS) is 18.3. The van der Waals surface area contributed by atoms with E-state index >= 15 is 0 Å². The smallest absolute Gasteiger partial charge is 0.133 e. The third kappa shape index (κ3) is 2.52. The Morgan fingerprint density at radius 3 is 2.67 bits per heavy atom. The Hall–Kier alpha value is -0.540. The summed E-state index contributed by atoms with van der Waals surface area (Å²) in [4.78, 5) is 0. The number of nitrogens with two attached hydrogens (primary N) is 1. The van der Waals surface area contributed by atoms with Crippen molar-refractivity contribution >= 4 is 15.9 Å². The predicted octanol–water partition coefficient (Wildman–Crippen LogP) is 3.40. The van der Waals surface area contributed by atoms with Crippen LogP contribution in [0.5, 0.6) is 5.75 Å². The first kappa shape index (κ1) is 11.0. The van der Waals surface area contributed by atoms with Crippen LogP contribution in [-0.4, -0.2) is 6.10 Å². The third-order valence-corrected chi connectivity index (χ3v) is 3.45. The molecule has 3 heteroatoms. The second-order valence-electron chi connectivity index (χ2n) is 4.15. The molecule has 0 amide bonds. The molecule has 1 aliphatic rings. The van der Waals surface area contributed by atoms with Gasteiger partial charge in [0.25, 0.3) is 0 Å². The van der Waals surface area contributed by atoms with Gasteiger partial charge in [-0.1, -0.05) is 6.07 Å². The lowest BCUT2D eigenvalue weighted by atomic mass is 9.96. The number of rotatable bonds is 3. The Labute approximate surface area is 98.9 Å². The van der Waals surface area contributed by atoms with Gasteiger partial charge in [-0.3, -0.25) is 0 Å². The van der Waals surface area contributed by atoms with Crippen LogP contribution in [0.25, 0.3) is 0 Å². The summed E-state index contributed by atoms with van der Waals surface area (Å²) >= 11 is 3.52. The molecule has 82 valence electrons. The molecule has 2 nitrogen and oxygen atoms in total. The Morgan fingerprint density at radius 2 is 2.20 bits per heavy atom. The van der Waals surface area contributed by atoms with E-state index < -0.39 is 0 Å². The van der Waals surface area contributed by atoms with Gasteiger partial charge in [0.2, 0.25) is 0 Å². The van der Waals surface area contributed by atoms with Crippen molar-refractivity contribution in [2.24, 2.45) is 5.73 Å². The summed E-state index contributed by atoms with van der Waals surface area (Å²) in [6.07, 6.45) is 4.07. The molecule has 0 aliphatic heterocycles. The van der Waals surface area contributed by atoms with Gasteiger partial charge in [-0.15, -0.1) is 0 Å². The zero-order chi connectivity index (χ0) is 10.8. The molecule has 0 heterocycles. The molecule has 1 saturated carbocycles. The fourth-order valence-corrected chi connectivity index (χ4v) is 2.05. The van der Waals surface area contributed by atoms with Gasteiger partial charge in [-0.2, -0.15) is 0 Å². The quantitative estimate of drug-likeness (QED) is 0.913. The van der Waals surface area contributed by atoms with Crippen LogP contribution in [0.3, 0.4) is 0 Å². The van der Waals surface area contributed by atoms with Crippen molar-refractivity contribution < 1.29 is 4.74 Å². The first-order valence-corrected chi connectivity index (χ1v) is 6.18. The highest BCUT2D eigenvalue weighted by Crippen LogP contribution is 2.32.